The molecule has 0 aromatic carbocycles. The molecule has 2 aromatic rings. The van der Waals surface area contributed by atoms with Crippen LogP contribution in [0.15, 0.2) is 41.3 Å². The number of halogens is 1. The highest BCUT2D eigenvalue weighted by molar-refractivity contribution is 9.10. The van der Waals surface area contributed by atoms with Gasteiger partial charge in [0, 0.05) is 18.6 Å². The van der Waals surface area contributed by atoms with E-state index in [-0.39, 0.29) is 0 Å². The van der Waals surface area contributed by atoms with Crippen LogP contribution in [0.3, 0.4) is 0 Å². The molecule has 0 aliphatic carbocycles. The molecule has 88 valence electrons. The van der Waals surface area contributed by atoms with Crippen molar-refractivity contribution in [3.63, 3.8) is 0 Å². The van der Waals surface area contributed by atoms with Crippen LogP contribution in [-0.4, -0.2) is 9.97 Å². The Morgan fingerprint density at radius 3 is 2.94 bits per heavy atom. The van der Waals surface area contributed by atoms with E-state index in [1.807, 2.05) is 18.3 Å². The molecule has 0 amide bonds. The molecule has 0 saturated carbocycles. The van der Waals surface area contributed by atoms with Gasteiger partial charge in [0.05, 0.1) is 22.4 Å². The summed E-state index contributed by atoms with van der Waals surface area (Å²) in [4.78, 5) is 8.43. The third kappa shape index (κ3) is 3.03. The quantitative estimate of drug-likeness (QED) is 0.938. The molecule has 0 radical (unpaired) electrons. The van der Waals surface area contributed by atoms with Crippen LogP contribution in [0.25, 0.3) is 0 Å². The molecule has 2 aromatic heterocycles. The summed E-state index contributed by atoms with van der Waals surface area (Å²) >= 11 is 3.46. The molecule has 0 aliphatic rings. The van der Waals surface area contributed by atoms with Crippen LogP contribution in [0.1, 0.15) is 18.2 Å². The SMILES string of the molecule is CCc1cccnc1CNc1ccncc1Br. The van der Waals surface area contributed by atoms with Gasteiger partial charge in [0.1, 0.15) is 0 Å². The van der Waals surface area contributed by atoms with Gasteiger partial charge in [-0.3, -0.25) is 9.97 Å². The first kappa shape index (κ1) is 12.0. The number of anilines is 1. The normalized spacial score (nSPS) is 10.2. The van der Waals surface area contributed by atoms with Crippen LogP contribution in [0.4, 0.5) is 5.69 Å². The average Bonchev–Trinajstić information content (AvgIpc) is 2.38. The van der Waals surface area contributed by atoms with Gasteiger partial charge in [0.15, 0.2) is 0 Å². The molecule has 0 atom stereocenters. The Kier molecular flexibility index (Phi) is 4.09. The molecule has 3 nitrogen and oxygen atoms in total. The van der Waals surface area contributed by atoms with E-state index < -0.39 is 0 Å². The van der Waals surface area contributed by atoms with E-state index in [1.165, 1.54) is 5.56 Å². The Morgan fingerprint density at radius 1 is 1.29 bits per heavy atom. The van der Waals surface area contributed by atoms with Crippen molar-refractivity contribution in [2.45, 2.75) is 19.9 Å². The maximum absolute atomic E-state index is 4.40. The Morgan fingerprint density at radius 2 is 2.18 bits per heavy atom. The Labute approximate surface area is 109 Å². The number of pyridine rings is 2. The van der Waals surface area contributed by atoms with Crippen molar-refractivity contribution in [1.29, 1.82) is 0 Å². The third-order valence-electron chi connectivity index (χ3n) is 2.58. The van der Waals surface area contributed by atoms with Gasteiger partial charge in [0.2, 0.25) is 0 Å². The molecule has 17 heavy (non-hydrogen) atoms. The van der Waals surface area contributed by atoms with E-state index in [9.17, 15) is 0 Å². The van der Waals surface area contributed by atoms with Crippen LogP contribution in [0, 0.1) is 0 Å². The number of hydrogen-bond acceptors (Lipinski definition) is 3. The fourth-order valence-electron chi connectivity index (χ4n) is 1.65. The number of nitrogens with one attached hydrogen (secondary N) is 1. The Balaban J connectivity index is 2.10. The highest BCUT2D eigenvalue weighted by Crippen LogP contribution is 2.20. The second-order valence-corrected chi connectivity index (χ2v) is 4.53. The molecule has 2 heterocycles. The highest BCUT2D eigenvalue weighted by Gasteiger charge is 2.03. The van der Waals surface area contributed by atoms with Gasteiger partial charge in [-0.15, -0.1) is 0 Å². The monoisotopic (exact) mass is 291 g/mol. The third-order valence-corrected chi connectivity index (χ3v) is 3.22. The average molecular weight is 292 g/mol. The molecule has 4 heteroatoms. The Hall–Kier alpha value is -1.42. The van der Waals surface area contributed by atoms with Crippen molar-refractivity contribution in [2.75, 3.05) is 5.32 Å². The highest BCUT2D eigenvalue weighted by atomic mass is 79.9. The molecule has 0 fully saturated rings. The fraction of sp³-hybridized carbons (Fsp3) is 0.231. The summed E-state index contributed by atoms with van der Waals surface area (Å²) in [6, 6.07) is 6.04. The first-order chi connectivity index (χ1) is 8.31. The van der Waals surface area contributed by atoms with Crippen LogP contribution >= 0.6 is 15.9 Å². The predicted octanol–water partition coefficient (Wildman–Crippen LogP) is 3.41. The van der Waals surface area contributed by atoms with Gasteiger partial charge in [0.25, 0.3) is 0 Å². The van der Waals surface area contributed by atoms with Crippen molar-refractivity contribution in [2.24, 2.45) is 0 Å². The van der Waals surface area contributed by atoms with E-state index in [2.05, 4.69) is 44.2 Å². The van der Waals surface area contributed by atoms with Crippen molar-refractivity contribution in [3.05, 3.63) is 52.5 Å². The minimum absolute atomic E-state index is 0.729. The molecule has 0 saturated heterocycles. The molecule has 2 rings (SSSR count). The summed E-state index contributed by atoms with van der Waals surface area (Å²) in [6.07, 6.45) is 6.38. The standard InChI is InChI=1S/C13H14BrN3/c1-2-10-4-3-6-16-13(10)9-17-12-5-7-15-8-11(12)14/h3-8H,2,9H2,1H3,(H,15,17). The lowest BCUT2D eigenvalue weighted by Crippen LogP contribution is -2.05. The molecular formula is C13H14BrN3. The van der Waals surface area contributed by atoms with Crippen LogP contribution < -0.4 is 5.32 Å². The number of nitrogens with zero attached hydrogens (tertiary/aromatic N) is 2. The maximum Gasteiger partial charge on any atom is 0.0626 e. The van der Waals surface area contributed by atoms with Crippen molar-refractivity contribution in [3.8, 4) is 0 Å². The number of hydrogen-bond donors (Lipinski definition) is 1. The molecule has 0 unspecified atom stereocenters. The number of aromatic nitrogens is 2. The topological polar surface area (TPSA) is 37.8 Å². The van der Waals surface area contributed by atoms with E-state index in [0.29, 0.717) is 0 Å². The molecule has 0 bridgehead atoms. The zero-order chi connectivity index (χ0) is 12.1. The van der Waals surface area contributed by atoms with E-state index in [0.717, 1.165) is 28.8 Å². The lowest BCUT2D eigenvalue weighted by molar-refractivity contribution is 0.970. The molecule has 1 N–H and O–H groups in total. The zero-order valence-electron chi connectivity index (χ0n) is 9.65. The lowest BCUT2D eigenvalue weighted by Gasteiger charge is -2.10. The minimum Gasteiger partial charge on any atom is -0.378 e. The second-order valence-electron chi connectivity index (χ2n) is 3.67. The smallest absolute Gasteiger partial charge is 0.0626 e. The second kappa shape index (κ2) is 5.77. The van der Waals surface area contributed by atoms with Gasteiger partial charge in [-0.1, -0.05) is 13.0 Å². The minimum atomic E-state index is 0.729. The summed E-state index contributed by atoms with van der Waals surface area (Å²) in [5, 5.41) is 3.35. The maximum atomic E-state index is 4.40. The van der Waals surface area contributed by atoms with Crippen LogP contribution in [0.2, 0.25) is 0 Å². The van der Waals surface area contributed by atoms with E-state index >= 15 is 0 Å². The fourth-order valence-corrected chi connectivity index (χ4v) is 2.04. The zero-order valence-corrected chi connectivity index (χ0v) is 11.2. The van der Waals surface area contributed by atoms with Crippen LogP contribution in [0.5, 0.6) is 0 Å². The molecule has 0 spiro atoms. The van der Waals surface area contributed by atoms with Crippen molar-refractivity contribution >= 4 is 21.6 Å². The largest absolute Gasteiger partial charge is 0.378 e. The van der Waals surface area contributed by atoms with E-state index in [1.54, 1.807) is 12.4 Å². The predicted molar refractivity (Wildman–Crippen MR) is 72.9 cm³/mol. The number of rotatable bonds is 4. The van der Waals surface area contributed by atoms with Gasteiger partial charge in [-0.05, 0) is 40.0 Å². The summed E-state index contributed by atoms with van der Waals surface area (Å²) in [7, 11) is 0. The Bertz CT molecular complexity index is 500. The van der Waals surface area contributed by atoms with Gasteiger partial charge >= 0.3 is 0 Å². The number of aryl methyl sites for hydroxylation is 1. The first-order valence-electron chi connectivity index (χ1n) is 5.57. The first-order valence-corrected chi connectivity index (χ1v) is 6.36. The van der Waals surface area contributed by atoms with Gasteiger partial charge in [-0.2, -0.15) is 0 Å². The molecular weight excluding hydrogens is 278 g/mol. The van der Waals surface area contributed by atoms with Crippen molar-refractivity contribution in [1.82, 2.24) is 9.97 Å². The summed E-state index contributed by atoms with van der Waals surface area (Å²) in [5.41, 5.74) is 3.41. The summed E-state index contributed by atoms with van der Waals surface area (Å²) < 4.78 is 0.967. The van der Waals surface area contributed by atoms with Gasteiger partial charge < -0.3 is 5.32 Å². The molecule has 0 aliphatic heterocycles. The van der Waals surface area contributed by atoms with Crippen molar-refractivity contribution < 1.29 is 0 Å². The summed E-state index contributed by atoms with van der Waals surface area (Å²) in [6.45, 7) is 2.87. The van der Waals surface area contributed by atoms with E-state index in [4.69, 9.17) is 0 Å². The lowest BCUT2D eigenvalue weighted by atomic mass is 10.1. The van der Waals surface area contributed by atoms with Gasteiger partial charge in [-0.25, -0.2) is 0 Å². The summed E-state index contributed by atoms with van der Waals surface area (Å²) in [5.74, 6) is 0. The van der Waals surface area contributed by atoms with Crippen LogP contribution in [-0.2, 0) is 13.0 Å².